The van der Waals surface area contributed by atoms with Crippen LogP contribution in [0.25, 0.3) is 0 Å². The molecule has 3 atom stereocenters. The number of aliphatic hydroxyl groups excluding tert-OH is 3. The summed E-state index contributed by atoms with van der Waals surface area (Å²) >= 11 is 0. The van der Waals surface area contributed by atoms with E-state index in [-0.39, 0.29) is 6.61 Å². The summed E-state index contributed by atoms with van der Waals surface area (Å²) in [7, 11) is 0. The van der Waals surface area contributed by atoms with Crippen molar-refractivity contribution in [2.45, 2.75) is 212 Å². The second-order valence-electron chi connectivity index (χ2n) is 13.5. The van der Waals surface area contributed by atoms with Crippen molar-refractivity contribution in [1.82, 2.24) is 5.32 Å². The van der Waals surface area contributed by atoms with Gasteiger partial charge in [-0.3, -0.25) is 4.79 Å². The first-order valence-corrected chi connectivity index (χ1v) is 19.8. The van der Waals surface area contributed by atoms with Gasteiger partial charge in [0, 0.05) is 0 Å². The number of rotatable bonds is 35. The number of nitrogens with one attached hydrogen (secondary N) is 1. The Kier molecular flexibility index (Phi) is 35.3. The van der Waals surface area contributed by atoms with Gasteiger partial charge in [0.1, 0.15) is 6.10 Å². The molecule has 5 heteroatoms. The molecule has 270 valence electrons. The lowest BCUT2D eigenvalue weighted by Gasteiger charge is -2.21. The van der Waals surface area contributed by atoms with Gasteiger partial charge in [-0.05, 0) is 57.8 Å². The van der Waals surface area contributed by atoms with E-state index in [1.165, 1.54) is 122 Å². The van der Waals surface area contributed by atoms with Crippen LogP contribution in [-0.4, -0.2) is 46.1 Å². The van der Waals surface area contributed by atoms with Crippen LogP contribution < -0.4 is 5.32 Å². The first kappa shape index (κ1) is 44.6. The zero-order valence-electron chi connectivity index (χ0n) is 30.5. The molecule has 0 spiro atoms. The van der Waals surface area contributed by atoms with E-state index < -0.39 is 24.2 Å². The molecule has 0 aliphatic rings. The highest BCUT2D eigenvalue weighted by Crippen LogP contribution is 2.13. The highest BCUT2D eigenvalue weighted by Gasteiger charge is 2.22. The minimum Gasteiger partial charge on any atom is -0.394 e. The van der Waals surface area contributed by atoms with Crippen molar-refractivity contribution in [3.63, 3.8) is 0 Å². The average Bonchev–Trinajstić information content (AvgIpc) is 3.06. The van der Waals surface area contributed by atoms with Crippen molar-refractivity contribution in [2.75, 3.05) is 6.61 Å². The zero-order valence-corrected chi connectivity index (χ0v) is 30.5. The van der Waals surface area contributed by atoms with Gasteiger partial charge in [0.15, 0.2) is 0 Å². The molecule has 0 saturated heterocycles. The molecule has 0 aromatic heterocycles. The molecule has 0 aliphatic carbocycles. The fourth-order valence-electron chi connectivity index (χ4n) is 5.78. The quantitative estimate of drug-likeness (QED) is 0.0407. The summed E-state index contributed by atoms with van der Waals surface area (Å²) in [6.07, 6.45) is 44.5. The van der Waals surface area contributed by atoms with Crippen LogP contribution in [0.5, 0.6) is 0 Å². The highest BCUT2D eigenvalue weighted by atomic mass is 16.3. The van der Waals surface area contributed by atoms with E-state index in [2.05, 4.69) is 43.5 Å². The molecule has 0 heterocycles. The van der Waals surface area contributed by atoms with Crippen LogP contribution in [0.15, 0.2) is 36.5 Å². The minimum absolute atomic E-state index is 0.380. The Labute approximate surface area is 285 Å². The molecule has 0 aromatic rings. The molecule has 0 rings (SSSR count). The summed E-state index contributed by atoms with van der Waals surface area (Å²) in [4.78, 5) is 12.4. The number of unbranched alkanes of at least 4 members (excludes halogenated alkanes) is 23. The molecule has 46 heavy (non-hydrogen) atoms. The predicted molar refractivity (Wildman–Crippen MR) is 199 cm³/mol. The Morgan fingerprint density at radius 3 is 1.33 bits per heavy atom. The standard InChI is InChI=1S/C41H77NO4/c1-3-5-7-9-11-13-15-17-19-20-22-24-26-28-30-32-34-36-40(45)41(46)42-38(37-43)39(44)35-33-31-29-27-25-23-21-18-16-14-12-10-8-6-4-2/h22,24-25,27,33,35,38-40,43-45H,3-21,23,26,28-32,34,36-37H2,1-2H3,(H,42,46)/b24-22-,27-25+,35-33+. The molecule has 0 bridgehead atoms. The van der Waals surface area contributed by atoms with Crippen LogP contribution in [0.3, 0.4) is 0 Å². The van der Waals surface area contributed by atoms with Crippen molar-refractivity contribution in [2.24, 2.45) is 0 Å². The molecule has 0 saturated carbocycles. The molecule has 5 nitrogen and oxygen atoms in total. The van der Waals surface area contributed by atoms with Gasteiger partial charge in [-0.2, -0.15) is 0 Å². The number of carbonyl (C=O) groups is 1. The maximum Gasteiger partial charge on any atom is 0.249 e. The Morgan fingerprint density at radius 1 is 0.522 bits per heavy atom. The number of hydrogen-bond donors (Lipinski definition) is 4. The van der Waals surface area contributed by atoms with Crippen LogP contribution in [-0.2, 0) is 4.79 Å². The van der Waals surface area contributed by atoms with E-state index >= 15 is 0 Å². The Bertz CT molecular complexity index is 719. The number of allylic oxidation sites excluding steroid dienone is 5. The van der Waals surface area contributed by atoms with Gasteiger partial charge in [-0.1, -0.05) is 172 Å². The number of aliphatic hydroxyl groups is 3. The Hall–Kier alpha value is -1.43. The highest BCUT2D eigenvalue weighted by molar-refractivity contribution is 5.80. The van der Waals surface area contributed by atoms with Crippen molar-refractivity contribution >= 4 is 5.91 Å². The fourth-order valence-corrected chi connectivity index (χ4v) is 5.78. The molecular weight excluding hydrogens is 570 g/mol. The number of hydrogen-bond acceptors (Lipinski definition) is 4. The molecule has 3 unspecified atom stereocenters. The van der Waals surface area contributed by atoms with Gasteiger partial charge in [-0.25, -0.2) is 0 Å². The molecule has 1 amide bonds. The summed E-state index contributed by atoms with van der Waals surface area (Å²) in [5.74, 6) is -0.523. The zero-order chi connectivity index (χ0) is 33.8. The molecule has 0 aliphatic heterocycles. The molecule has 0 aromatic carbocycles. The van der Waals surface area contributed by atoms with Gasteiger partial charge in [0.05, 0.1) is 18.8 Å². The van der Waals surface area contributed by atoms with Crippen LogP contribution in [0.4, 0.5) is 0 Å². The van der Waals surface area contributed by atoms with Crippen molar-refractivity contribution < 1.29 is 20.1 Å². The third-order valence-electron chi connectivity index (χ3n) is 8.95. The summed E-state index contributed by atoms with van der Waals surface area (Å²) in [5, 5.41) is 33.0. The van der Waals surface area contributed by atoms with E-state index in [4.69, 9.17) is 0 Å². The van der Waals surface area contributed by atoms with Gasteiger partial charge in [0.2, 0.25) is 5.91 Å². The maximum atomic E-state index is 12.4. The molecule has 0 radical (unpaired) electrons. The van der Waals surface area contributed by atoms with E-state index in [0.717, 1.165) is 51.4 Å². The SMILES string of the molecule is CCCCCCCCCCC/C=C\CCCCCCC(O)C(=O)NC(CO)C(O)/C=C/CC/C=C/CCCCCCCCCCC. The lowest BCUT2D eigenvalue weighted by molar-refractivity contribution is -0.131. The summed E-state index contributed by atoms with van der Waals surface area (Å²) < 4.78 is 0. The van der Waals surface area contributed by atoms with E-state index in [1.54, 1.807) is 6.08 Å². The Balaban J connectivity index is 3.79. The van der Waals surface area contributed by atoms with Crippen LogP contribution >= 0.6 is 0 Å². The van der Waals surface area contributed by atoms with E-state index in [9.17, 15) is 20.1 Å². The fraction of sp³-hybridized carbons (Fsp3) is 0.829. The number of amides is 1. The maximum absolute atomic E-state index is 12.4. The monoisotopic (exact) mass is 648 g/mol. The lowest BCUT2D eigenvalue weighted by atomic mass is 10.1. The summed E-state index contributed by atoms with van der Waals surface area (Å²) in [6.45, 7) is 4.15. The van der Waals surface area contributed by atoms with Crippen molar-refractivity contribution in [3.8, 4) is 0 Å². The Morgan fingerprint density at radius 2 is 0.891 bits per heavy atom. The van der Waals surface area contributed by atoms with E-state index in [0.29, 0.717) is 6.42 Å². The second-order valence-corrected chi connectivity index (χ2v) is 13.5. The van der Waals surface area contributed by atoms with Crippen LogP contribution in [0.2, 0.25) is 0 Å². The average molecular weight is 648 g/mol. The largest absolute Gasteiger partial charge is 0.394 e. The summed E-state index contributed by atoms with van der Waals surface area (Å²) in [5.41, 5.74) is 0. The minimum atomic E-state index is -1.11. The van der Waals surface area contributed by atoms with Gasteiger partial charge < -0.3 is 20.6 Å². The molecule has 4 N–H and O–H groups in total. The van der Waals surface area contributed by atoms with Crippen molar-refractivity contribution in [1.29, 1.82) is 0 Å². The molecular formula is C41H77NO4. The van der Waals surface area contributed by atoms with Crippen LogP contribution in [0.1, 0.15) is 194 Å². The lowest BCUT2D eigenvalue weighted by Crippen LogP contribution is -2.48. The first-order chi connectivity index (χ1) is 22.6. The van der Waals surface area contributed by atoms with Gasteiger partial charge >= 0.3 is 0 Å². The first-order valence-electron chi connectivity index (χ1n) is 19.8. The summed E-state index contributed by atoms with van der Waals surface area (Å²) in [6, 6.07) is -0.817. The van der Waals surface area contributed by atoms with E-state index in [1.807, 2.05) is 6.08 Å². The van der Waals surface area contributed by atoms with Gasteiger partial charge in [-0.15, -0.1) is 0 Å². The second kappa shape index (κ2) is 36.4. The topological polar surface area (TPSA) is 89.8 Å². The number of carbonyl (C=O) groups excluding carboxylic acids is 1. The third-order valence-corrected chi connectivity index (χ3v) is 8.95. The smallest absolute Gasteiger partial charge is 0.249 e. The predicted octanol–water partition coefficient (Wildman–Crippen LogP) is 10.8. The van der Waals surface area contributed by atoms with Crippen molar-refractivity contribution in [3.05, 3.63) is 36.5 Å². The normalized spacial score (nSPS) is 14.1. The third kappa shape index (κ3) is 31.2. The van der Waals surface area contributed by atoms with Crippen LogP contribution in [0, 0.1) is 0 Å². The molecule has 0 fully saturated rings. The van der Waals surface area contributed by atoms with Gasteiger partial charge in [0.25, 0.3) is 0 Å².